The Morgan fingerprint density at radius 1 is 1.26 bits per heavy atom. The zero-order valence-corrected chi connectivity index (χ0v) is 14.0. The zero-order valence-electron chi connectivity index (χ0n) is 13.2. The number of hydrogen-bond acceptors (Lipinski definition) is 3. The van der Waals surface area contributed by atoms with E-state index in [4.69, 9.17) is 0 Å². The highest BCUT2D eigenvalue weighted by atomic mass is 32.2. The summed E-state index contributed by atoms with van der Waals surface area (Å²) in [4.78, 5) is 12.1. The number of rotatable bonds is 7. The maximum Gasteiger partial charge on any atom is 0.221 e. The van der Waals surface area contributed by atoms with E-state index in [9.17, 15) is 17.6 Å². The molecule has 0 spiro atoms. The molecule has 1 saturated carbocycles. The fourth-order valence-electron chi connectivity index (χ4n) is 3.03. The first-order valence-electron chi connectivity index (χ1n) is 7.84. The van der Waals surface area contributed by atoms with Crippen LogP contribution in [0.25, 0.3) is 0 Å². The molecule has 1 aliphatic rings. The molecule has 23 heavy (non-hydrogen) atoms. The number of amides is 1. The number of carbonyl (C=O) groups excluding carboxylic acids is 1. The van der Waals surface area contributed by atoms with E-state index in [1.165, 1.54) is 12.1 Å². The molecule has 128 valence electrons. The van der Waals surface area contributed by atoms with E-state index >= 15 is 0 Å². The van der Waals surface area contributed by atoms with Gasteiger partial charge < -0.3 is 5.32 Å². The topological polar surface area (TPSA) is 75.3 Å². The van der Waals surface area contributed by atoms with Crippen molar-refractivity contribution in [3.05, 3.63) is 35.6 Å². The number of halogens is 1. The van der Waals surface area contributed by atoms with E-state index in [0.717, 1.165) is 37.5 Å². The van der Waals surface area contributed by atoms with Gasteiger partial charge in [0.1, 0.15) is 5.82 Å². The number of hydrogen-bond donors (Lipinski definition) is 2. The van der Waals surface area contributed by atoms with E-state index in [-0.39, 0.29) is 30.7 Å². The van der Waals surface area contributed by atoms with E-state index in [2.05, 4.69) is 10.0 Å². The standard InChI is InChI=1S/C16H23FN2O3S/c1-23(21,22)18-11-10-15(20)19-16(12-4-2-3-5-12)13-6-8-14(17)9-7-13/h6-9,12,16,18H,2-5,10-11H2,1H3,(H,19,20)/t16-/m0/s1. The number of benzene rings is 1. The molecule has 0 radical (unpaired) electrons. The van der Waals surface area contributed by atoms with Crippen molar-refractivity contribution in [2.75, 3.05) is 12.8 Å². The molecule has 0 aromatic heterocycles. The lowest BCUT2D eigenvalue weighted by Crippen LogP contribution is -2.35. The molecule has 5 nitrogen and oxygen atoms in total. The van der Waals surface area contributed by atoms with Crippen LogP contribution in [0.2, 0.25) is 0 Å². The van der Waals surface area contributed by atoms with Crippen LogP contribution in [-0.2, 0) is 14.8 Å². The third-order valence-corrected chi connectivity index (χ3v) is 4.86. The van der Waals surface area contributed by atoms with Gasteiger partial charge in [-0.15, -0.1) is 0 Å². The molecule has 1 aromatic carbocycles. The van der Waals surface area contributed by atoms with Crippen molar-refractivity contribution >= 4 is 15.9 Å². The van der Waals surface area contributed by atoms with Crippen molar-refractivity contribution in [1.29, 1.82) is 0 Å². The fraction of sp³-hybridized carbons (Fsp3) is 0.562. The lowest BCUT2D eigenvalue weighted by atomic mass is 9.91. The third kappa shape index (κ3) is 5.91. The molecule has 0 heterocycles. The smallest absolute Gasteiger partial charge is 0.221 e. The van der Waals surface area contributed by atoms with Crippen LogP contribution in [0.1, 0.15) is 43.7 Å². The Balaban J connectivity index is 2.00. The lowest BCUT2D eigenvalue weighted by Gasteiger charge is -2.25. The highest BCUT2D eigenvalue weighted by Gasteiger charge is 2.27. The predicted molar refractivity (Wildman–Crippen MR) is 86.7 cm³/mol. The summed E-state index contributed by atoms with van der Waals surface area (Å²) >= 11 is 0. The molecule has 1 aromatic rings. The first-order valence-corrected chi connectivity index (χ1v) is 9.74. The van der Waals surface area contributed by atoms with Gasteiger partial charge in [0, 0.05) is 13.0 Å². The summed E-state index contributed by atoms with van der Waals surface area (Å²) in [6, 6.07) is 6.05. The van der Waals surface area contributed by atoms with Gasteiger partial charge >= 0.3 is 0 Å². The molecule has 0 saturated heterocycles. The third-order valence-electron chi connectivity index (χ3n) is 4.13. The minimum Gasteiger partial charge on any atom is -0.349 e. The molecule has 1 fully saturated rings. The SMILES string of the molecule is CS(=O)(=O)NCCC(=O)N[C@H](c1ccc(F)cc1)C1CCCC1. The van der Waals surface area contributed by atoms with Crippen molar-refractivity contribution in [2.45, 2.75) is 38.1 Å². The highest BCUT2D eigenvalue weighted by molar-refractivity contribution is 7.88. The van der Waals surface area contributed by atoms with Crippen molar-refractivity contribution < 1.29 is 17.6 Å². The Hall–Kier alpha value is -1.47. The van der Waals surface area contributed by atoms with Crippen LogP contribution in [0.5, 0.6) is 0 Å². The molecule has 0 bridgehead atoms. The van der Waals surface area contributed by atoms with Crippen LogP contribution in [0.4, 0.5) is 4.39 Å². The molecule has 1 amide bonds. The quantitative estimate of drug-likeness (QED) is 0.797. The maximum absolute atomic E-state index is 13.1. The van der Waals surface area contributed by atoms with Crippen LogP contribution in [0.3, 0.4) is 0 Å². The molecule has 2 N–H and O–H groups in total. The molecular weight excluding hydrogens is 319 g/mol. The Morgan fingerprint density at radius 3 is 2.43 bits per heavy atom. The Bertz CT molecular complexity index is 625. The normalized spacial score (nSPS) is 17.1. The van der Waals surface area contributed by atoms with Gasteiger partial charge in [-0.05, 0) is 36.5 Å². The second kappa shape index (κ2) is 7.88. The van der Waals surface area contributed by atoms with Gasteiger partial charge in [-0.1, -0.05) is 25.0 Å². The number of carbonyl (C=O) groups is 1. The van der Waals surface area contributed by atoms with Crippen LogP contribution < -0.4 is 10.0 Å². The van der Waals surface area contributed by atoms with Gasteiger partial charge in [-0.25, -0.2) is 17.5 Å². The molecular formula is C16H23FN2O3S. The van der Waals surface area contributed by atoms with Crippen LogP contribution in [0.15, 0.2) is 24.3 Å². The Labute approximate surface area is 136 Å². The molecule has 7 heteroatoms. The average Bonchev–Trinajstić information content (AvgIpc) is 2.98. The Morgan fingerprint density at radius 2 is 1.87 bits per heavy atom. The van der Waals surface area contributed by atoms with Crippen LogP contribution in [0, 0.1) is 11.7 Å². The molecule has 2 rings (SSSR count). The summed E-state index contributed by atoms with van der Waals surface area (Å²) in [6.45, 7) is 0.0749. The first kappa shape index (κ1) is 17.9. The van der Waals surface area contributed by atoms with Crippen molar-refractivity contribution in [2.24, 2.45) is 5.92 Å². The van der Waals surface area contributed by atoms with Gasteiger partial charge in [-0.3, -0.25) is 4.79 Å². The maximum atomic E-state index is 13.1. The summed E-state index contributed by atoms with van der Waals surface area (Å²) in [7, 11) is -3.29. The molecule has 0 aliphatic heterocycles. The first-order chi connectivity index (χ1) is 10.8. The number of sulfonamides is 1. The van der Waals surface area contributed by atoms with Crippen molar-refractivity contribution in [3.8, 4) is 0 Å². The van der Waals surface area contributed by atoms with Crippen molar-refractivity contribution in [3.63, 3.8) is 0 Å². The average molecular weight is 342 g/mol. The Kier molecular flexibility index (Phi) is 6.12. The van der Waals surface area contributed by atoms with Gasteiger partial charge in [-0.2, -0.15) is 0 Å². The van der Waals surface area contributed by atoms with E-state index < -0.39 is 10.0 Å². The van der Waals surface area contributed by atoms with Crippen LogP contribution >= 0.6 is 0 Å². The highest BCUT2D eigenvalue weighted by Crippen LogP contribution is 2.35. The van der Waals surface area contributed by atoms with Crippen molar-refractivity contribution in [1.82, 2.24) is 10.0 Å². The molecule has 1 atom stereocenters. The predicted octanol–water partition coefficient (Wildman–Crippen LogP) is 2.11. The van der Waals surface area contributed by atoms with E-state index in [1.54, 1.807) is 12.1 Å². The van der Waals surface area contributed by atoms with Gasteiger partial charge in [0.05, 0.1) is 12.3 Å². The summed E-state index contributed by atoms with van der Waals surface area (Å²) in [5.74, 6) is -0.169. The minimum absolute atomic E-state index is 0.0749. The summed E-state index contributed by atoms with van der Waals surface area (Å²) in [5, 5.41) is 2.98. The second-order valence-electron chi connectivity index (χ2n) is 6.06. The second-order valence-corrected chi connectivity index (χ2v) is 7.89. The fourth-order valence-corrected chi connectivity index (χ4v) is 3.50. The number of nitrogens with one attached hydrogen (secondary N) is 2. The molecule has 1 aliphatic carbocycles. The van der Waals surface area contributed by atoms with E-state index in [1.807, 2.05) is 0 Å². The lowest BCUT2D eigenvalue weighted by molar-refractivity contribution is -0.122. The summed E-state index contributed by atoms with van der Waals surface area (Å²) < 4.78 is 37.5. The monoisotopic (exact) mass is 342 g/mol. The summed E-state index contributed by atoms with van der Waals surface area (Å²) in [6.07, 6.45) is 5.47. The van der Waals surface area contributed by atoms with Gasteiger partial charge in [0.2, 0.25) is 15.9 Å². The van der Waals surface area contributed by atoms with Gasteiger partial charge in [0.25, 0.3) is 0 Å². The molecule has 0 unspecified atom stereocenters. The summed E-state index contributed by atoms with van der Waals surface area (Å²) in [5.41, 5.74) is 0.891. The van der Waals surface area contributed by atoms with E-state index in [0.29, 0.717) is 5.92 Å². The zero-order chi connectivity index (χ0) is 16.9. The van der Waals surface area contributed by atoms with Gasteiger partial charge in [0.15, 0.2) is 0 Å². The van der Waals surface area contributed by atoms with Crippen LogP contribution in [-0.4, -0.2) is 27.1 Å². The largest absolute Gasteiger partial charge is 0.349 e. The minimum atomic E-state index is -3.29.